The summed E-state index contributed by atoms with van der Waals surface area (Å²) in [6.07, 6.45) is 1.84. The largest absolute Gasteiger partial charge is 0.385 e. The molecule has 2 saturated heterocycles. The van der Waals surface area contributed by atoms with Crippen LogP contribution in [0.4, 0.5) is 0 Å². The van der Waals surface area contributed by atoms with E-state index in [1.165, 1.54) is 4.90 Å². The zero-order valence-electron chi connectivity index (χ0n) is 15.9. The number of ether oxygens (including phenoxy) is 3. The van der Waals surface area contributed by atoms with Crippen molar-refractivity contribution in [3.63, 3.8) is 0 Å². The van der Waals surface area contributed by atoms with Gasteiger partial charge in [-0.3, -0.25) is 19.3 Å². The van der Waals surface area contributed by atoms with E-state index in [9.17, 15) is 14.4 Å². The van der Waals surface area contributed by atoms with Gasteiger partial charge in [0, 0.05) is 51.8 Å². The Morgan fingerprint density at radius 1 is 1.11 bits per heavy atom. The van der Waals surface area contributed by atoms with Gasteiger partial charge >= 0.3 is 0 Å². The van der Waals surface area contributed by atoms with E-state index < -0.39 is 5.79 Å². The molecule has 3 aliphatic heterocycles. The first kappa shape index (κ1) is 19.0. The summed E-state index contributed by atoms with van der Waals surface area (Å²) >= 11 is 0. The van der Waals surface area contributed by atoms with Gasteiger partial charge in [-0.25, -0.2) is 0 Å². The molecule has 2 fully saturated rings. The van der Waals surface area contributed by atoms with E-state index in [2.05, 4.69) is 0 Å². The van der Waals surface area contributed by atoms with E-state index in [1.54, 1.807) is 30.2 Å². The normalized spacial score (nSPS) is 20.9. The molecule has 3 heterocycles. The molecule has 0 aliphatic carbocycles. The number of imide groups is 1. The van der Waals surface area contributed by atoms with Crippen LogP contribution in [0, 0.1) is 0 Å². The standard InChI is InChI=1S/C20H24N2O6/c1-26-10-2-7-22-18(24)15-4-3-14(13-16(15)19(22)25)17(23)21-8-5-20(6-9-21)27-11-12-28-20/h3-4,13H,2,5-12H2,1H3. The molecule has 28 heavy (non-hydrogen) atoms. The smallest absolute Gasteiger partial charge is 0.261 e. The van der Waals surface area contributed by atoms with Crippen molar-refractivity contribution in [2.24, 2.45) is 0 Å². The minimum absolute atomic E-state index is 0.145. The number of methoxy groups -OCH3 is 1. The Hall–Kier alpha value is -2.29. The molecule has 4 rings (SSSR count). The molecule has 1 aromatic rings. The first-order valence-corrected chi connectivity index (χ1v) is 9.61. The molecule has 3 aliphatic rings. The van der Waals surface area contributed by atoms with E-state index in [-0.39, 0.29) is 17.7 Å². The van der Waals surface area contributed by atoms with Crippen LogP contribution in [0.25, 0.3) is 0 Å². The van der Waals surface area contributed by atoms with Crippen LogP contribution in [-0.4, -0.2) is 79.9 Å². The molecule has 0 atom stereocenters. The number of hydrogen-bond acceptors (Lipinski definition) is 6. The van der Waals surface area contributed by atoms with Crippen molar-refractivity contribution < 1.29 is 28.6 Å². The summed E-state index contributed by atoms with van der Waals surface area (Å²) in [5.74, 6) is -1.35. The van der Waals surface area contributed by atoms with Crippen LogP contribution in [0.1, 0.15) is 50.3 Å². The van der Waals surface area contributed by atoms with Crippen molar-refractivity contribution in [2.45, 2.75) is 25.0 Å². The molecule has 0 N–H and O–H groups in total. The second kappa shape index (κ2) is 7.62. The fourth-order valence-corrected chi connectivity index (χ4v) is 4.01. The van der Waals surface area contributed by atoms with Crippen molar-refractivity contribution in [3.8, 4) is 0 Å². The van der Waals surface area contributed by atoms with Crippen molar-refractivity contribution in [2.75, 3.05) is 46.6 Å². The maximum absolute atomic E-state index is 12.9. The predicted octanol–water partition coefficient (Wildman–Crippen LogP) is 1.30. The first-order valence-electron chi connectivity index (χ1n) is 9.61. The first-order chi connectivity index (χ1) is 13.5. The Bertz CT molecular complexity index is 792. The number of nitrogens with zero attached hydrogens (tertiary/aromatic N) is 2. The van der Waals surface area contributed by atoms with Gasteiger partial charge in [0.25, 0.3) is 17.7 Å². The average molecular weight is 388 g/mol. The zero-order chi connectivity index (χ0) is 19.7. The highest BCUT2D eigenvalue weighted by Crippen LogP contribution is 2.32. The number of likely N-dealkylation sites (tertiary alicyclic amines) is 1. The molecular weight excluding hydrogens is 364 g/mol. The number of fused-ring (bicyclic) bond motifs is 1. The highest BCUT2D eigenvalue weighted by atomic mass is 16.7. The molecule has 0 radical (unpaired) electrons. The van der Waals surface area contributed by atoms with Gasteiger partial charge in [-0.15, -0.1) is 0 Å². The lowest BCUT2D eigenvalue weighted by Gasteiger charge is -2.37. The molecule has 0 aromatic heterocycles. The van der Waals surface area contributed by atoms with Crippen molar-refractivity contribution in [3.05, 3.63) is 34.9 Å². The molecule has 1 spiro atoms. The molecule has 3 amide bonds. The molecular formula is C20H24N2O6. The molecule has 8 heteroatoms. The average Bonchev–Trinajstić information content (AvgIpc) is 3.26. The minimum atomic E-state index is -0.542. The number of rotatable bonds is 5. The second-order valence-electron chi connectivity index (χ2n) is 7.27. The van der Waals surface area contributed by atoms with Gasteiger partial charge in [-0.2, -0.15) is 0 Å². The summed E-state index contributed by atoms with van der Waals surface area (Å²) in [4.78, 5) is 41.0. The highest BCUT2D eigenvalue weighted by molar-refractivity contribution is 6.22. The summed E-state index contributed by atoms with van der Waals surface area (Å²) < 4.78 is 16.4. The Balaban J connectivity index is 1.46. The summed E-state index contributed by atoms with van der Waals surface area (Å²) in [5.41, 5.74) is 1.07. The lowest BCUT2D eigenvalue weighted by molar-refractivity contribution is -0.181. The number of hydrogen-bond donors (Lipinski definition) is 0. The zero-order valence-corrected chi connectivity index (χ0v) is 15.9. The third-order valence-corrected chi connectivity index (χ3v) is 5.57. The highest BCUT2D eigenvalue weighted by Gasteiger charge is 2.41. The van der Waals surface area contributed by atoms with Crippen LogP contribution in [0.15, 0.2) is 18.2 Å². The molecule has 0 saturated carbocycles. The van der Waals surface area contributed by atoms with Gasteiger partial charge in [0.15, 0.2) is 5.79 Å². The van der Waals surface area contributed by atoms with Gasteiger partial charge in [0.05, 0.1) is 24.3 Å². The van der Waals surface area contributed by atoms with Gasteiger partial charge in [-0.05, 0) is 24.6 Å². The van der Waals surface area contributed by atoms with Gasteiger partial charge in [0.1, 0.15) is 0 Å². The number of carbonyl (C=O) groups excluding carboxylic acids is 3. The monoisotopic (exact) mass is 388 g/mol. The number of benzene rings is 1. The van der Waals surface area contributed by atoms with Crippen LogP contribution in [0.3, 0.4) is 0 Å². The summed E-state index contributed by atoms with van der Waals surface area (Å²) in [7, 11) is 1.58. The number of amides is 3. The van der Waals surface area contributed by atoms with E-state index in [4.69, 9.17) is 14.2 Å². The van der Waals surface area contributed by atoms with Gasteiger partial charge in [-0.1, -0.05) is 0 Å². The maximum atomic E-state index is 12.9. The Kier molecular flexibility index (Phi) is 5.18. The fraction of sp³-hybridized carbons (Fsp3) is 0.550. The van der Waals surface area contributed by atoms with E-state index in [0.29, 0.717) is 75.4 Å². The predicted molar refractivity (Wildman–Crippen MR) is 98.1 cm³/mol. The summed E-state index contributed by atoms with van der Waals surface area (Å²) in [6.45, 7) is 3.03. The third-order valence-electron chi connectivity index (χ3n) is 5.57. The lowest BCUT2D eigenvalue weighted by Crippen LogP contribution is -2.47. The van der Waals surface area contributed by atoms with E-state index in [0.717, 1.165) is 0 Å². The molecule has 0 bridgehead atoms. The SMILES string of the molecule is COCCCN1C(=O)c2ccc(C(=O)N3CCC4(CC3)OCCO4)cc2C1=O. The Labute approximate surface area is 163 Å². The van der Waals surface area contributed by atoms with E-state index >= 15 is 0 Å². The summed E-state index contributed by atoms with van der Waals surface area (Å²) in [5, 5.41) is 0. The van der Waals surface area contributed by atoms with Crippen LogP contribution >= 0.6 is 0 Å². The lowest BCUT2D eigenvalue weighted by atomic mass is 10.0. The summed E-state index contributed by atoms with van der Waals surface area (Å²) in [6, 6.07) is 4.74. The molecule has 1 aromatic carbocycles. The molecule has 8 nitrogen and oxygen atoms in total. The van der Waals surface area contributed by atoms with Gasteiger partial charge < -0.3 is 19.1 Å². The topological polar surface area (TPSA) is 85.4 Å². The van der Waals surface area contributed by atoms with Gasteiger partial charge in [0.2, 0.25) is 0 Å². The molecule has 0 unspecified atom stereocenters. The van der Waals surface area contributed by atoms with Crippen molar-refractivity contribution in [1.82, 2.24) is 9.80 Å². The number of carbonyl (C=O) groups is 3. The second-order valence-corrected chi connectivity index (χ2v) is 7.27. The van der Waals surface area contributed by atoms with Crippen molar-refractivity contribution >= 4 is 17.7 Å². The van der Waals surface area contributed by atoms with Crippen LogP contribution < -0.4 is 0 Å². The minimum Gasteiger partial charge on any atom is -0.385 e. The fourth-order valence-electron chi connectivity index (χ4n) is 4.01. The van der Waals surface area contributed by atoms with Crippen LogP contribution in [0.5, 0.6) is 0 Å². The van der Waals surface area contributed by atoms with Crippen LogP contribution in [-0.2, 0) is 14.2 Å². The quantitative estimate of drug-likeness (QED) is 0.558. The molecule has 150 valence electrons. The number of piperidine rings is 1. The van der Waals surface area contributed by atoms with Crippen molar-refractivity contribution in [1.29, 1.82) is 0 Å². The maximum Gasteiger partial charge on any atom is 0.261 e. The Morgan fingerprint density at radius 3 is 2.46 bits per heavy atom. The van der Waals surface area contributed by atoms with Crippen LogP contribution in [0.2, 0.25) is 0 Å². The third kappa shape index (κ3) is 3.32. The Morgan fingerprint density at radius 2 is 1.79 bits per heavy atom. The van der Waals surface area contributed by atoms with E-state index in [1.807, 2.05) is 0 Å².